The van der Waals surface area contributed by atoms with E-state index < -0.39 is 18.0 Å². The number of aliphatic hydroxyl groups is 1. The number of phenols is 2. The Hall–Kier alpha value is -3.06. The topological polar surface area (TPSA) is 113 Å². The summed E-state index contributed by atoms with van der Waals surface area (Å²) in [6, 6.07) is 13.0. The fraction of sp³-hybridized carbons (Fsp3) is 0.333. The van der Waals surface area contributed by atoms with Gasteiger partial charge in [-0.25, -0.2) is 0 Å². The van der Waals surface area contributed by atoms with Crippen LogP contribution in [0.15, 0.2) is 48.5 Å². The van der Waals surface area contributed by atoms with Crippen molar-refractivity contribution in [3.8, 4) is 11.5 Å². The molecule has 28 heavy (non-hydrogen) atoms. The summed E-state index contributed by atoms with van der Waals surface area (Å²) in [5, 5.41) is 28.2. The lowest BCUT2D eigenvalue weighted by atomic mass is 10.1. The molecule has 0 saturated heterocycles. The standard InChI is InChI=1S/C21H24O7/c22-17-7-1-15(2-8-17)5-11-20(25)27-13-19(24)14-28-21(26)12-6-16-3-9-18(23)10-4-16/h1-4,7-10,19,22-24H,5-6,11-14H2. The minimum Gasteiger partial charge on any atom is -0.508 e. The average molecular weight is 388 g/mol. The number of benzene rings is 2. The SMILES string of the molecule is O=C(CCc1ccc(O)cc1)OCC(O)COC(=O)CCc1ccc(O)cc1. The normalized spacial score (nSPS) is 10.6. The van der Waals surface area contributed by atoms with Crippen molar-refractivity contribution in [2.75, 3.05) is 13.2 Å². The minimum atomic E-state index is -1.09. The van der Waals surface area contributed by atoms with E-state index in [-0.39, 0.29) is 37.6 Å². The quantitative estimate of drug-likeness (QED) is 0.534. The van der Waals surface area contributed by atoms with Gasteiger partial charge in [-0.1, -0.05) is 24.3 Å². The lowest BCUT2D eigenvalue weighted by Gasteiger charge is -2.12. The molecule has 0 atom stereocenters. The van der Waals surface area contributed by atoms with Gasteiger partial charge in [0, 0.05) is 12.8 Å². The summed E-state index contributed by atoms with van der Waals surface area (Å²) in [6.07, 6.45) is 0.117. The Labute approximate surface area is 163 Å². The van der Waals surface area contributed by atoms with Crippen molar-refractivity contribution in [2.45, 2.75) is 31.8 Å². The molecule has 0 aliphatic carbocycles. The molecule has 0 aliphatic rings. The van der Waals surface area contributed by atoms with Gasteiger partial charge in [-0.15, -0.1) is 0 Å². The zero-order chi connectivity index (χ0) is 20.4. The highest BCUT2D eigenvalue weighted by Crippen LogP contribution is 2.12. The maximum atomic E-state index is 11.7. The number of rotatable bonds is 10. The Morgan fingerprint density at radius 2 is 1.07 bits per heavy atom. The minimum absolute atomic E-state index is 0.143. The number of ether oxygens (including phenoxy) is 2. The van der Waals surface area contributed by atoms with E-state index in [2.05, 4.69) is 0 Å². The fourth-order valence-electron chi connectivity index (χ4n) is 2.39. The molecule has 0 aliphatic heterocycles. The molecule has 0 fully saturated rings. The molecule has 7 heteroatoms. The van der Waals surface area contributed by atoms with Gasteiger partial charge in [-0.3, -0.25) is 9.59 Å². The van der Waals surface area contributed by atoms with E-state index in [1.807, 2.05) is 0 Å². The molecule has 7 nitrogen and oxygen atoms in total. The van der Waals surface area contributed by atoms with Crippen LogP contribution >= 0.6 is 0 Å². The van der Waals surface area contributed by atoms with Crippen molar-refractivity contribution in [1.82, 2.24) is 0 Å². The van der Waals surface area contributed by atoms with Crippen molar-refractivity contribution >= 4 is 11.9 Å². The summed E-state index contributed by atoms with van der Waals surface area (Å²) in [5.41, 5.74) is 1.77. The summed E-state index contributed by atoms with van der Waals surface area (Å²) >= 11 is 0. The van der Waals surface area contributed by atoms with Crippen LogP contribution < -0.4 is 0 Å². The number of aryl methyl sites for hydroxylation is 2. The Kier molecular flexibility index (Phi) is 8.30. The molecule has 0 amide bonds. The van der Waals surface area contributed by atoms with Crippen molar-refractivity contribution in [3.63, 3.8) is 0 Å². The van der Waals surface area contributed by atoms with Gasteiger partial charge in [0.05, 0.1) is 0 Å². The predicted octanol–water partition coefficient (Wildman–Crippen LogP) is 2.11. The van der Waals surface area contributed by atoms with Gasteiger partial charge in [-0.05, 0) is 48.2 Å². The van der Waals surface area contributed by atoms with Gasteiger partial charge in [0.15, 0.2) is 0 Å². The van der Waals surface area contributed by atoms with Crippen LogP contribution in [0.4, 0.5) is 0 Å². The number of phenolic OH excluding ortho intramolecular Hbond substituents is 2. The van der Waals surface area contributed by atoms with Crippen LogP contribution in [0.25, 0.3) is 0 Å². The molecule has 2 aromatic carbocycles. The Balaban J connectivity index is 1.57. The molecule has 3 N–H and O–H groups in total. The highest BCUT2D eigenvalue weighted by Gasteiger charge is 2.12. The first kappa shape index (κ1) is 21.2. The van der Waals surface area contributed by atoms with E-state index in [1.165, 1.54) is 0 Å². The lowest BCUT2D eigenvalue weighted by Crippen LogP contribution is -2.25. The van der Waals surface area contributed by atoms with Crippen LogP contribution in [0.3, 0.4) is 0 Å². The molecule has 2 rings (SSSR count). The Morgan fingerprint density at radius 1 is 0.714 bits per heavy atom. The fourth-order valence-corrected chi connectivity index (χ4v) is 2.39. The van der Waals surface area contributed by atoms with Crippen molar-refractivity contribution in [3.05, 3.63) is 59.7 Å². The highest BCUT2D eigenvalue weighted by atomic mass is 16.6. The van der Waals surface area contributed by atoms with E-state index in [9.17, 15) is 24.9 Å². The number of carbonyl (C=O) groups is 2. The molecule has 0 spiro atoms. The maximum absolute atomic E-state index is 11.7. The maximum Gasteiger partial charge on any atom is 0.306 e. The highest BCUT2D eigenvalue weighted by molar-refractivity contribution is 5.70. The lowest BCUT2D eigenvalue weighted by molar-refractivity contribution is -0.152. The van der Waals surface area contributed by atoms with Gasteiger partial charge in [-0.2, -0.15) is 0 Å². The van der Waals surface area contributed by atoms with Crippen LogP contribution in [-0.2, 0) is 31.9 Å². The van der Waals surface area contributed by atoms with Gasteiger partial charge in [0.2, 0.25) is 0 Å². The first-order valence-electron chi connectivity index (χ1n) is 8.97. The molecule has 0 bridgehead atoms. The zero-order valence-corrected chi connectivity index (χ0v) is 15.4. The third-order valence-corrected chi connectivity index (χ3v) is 3.98. The van der Waals surface area contributed by atoms with Crippen molar-refractivity contribution < 1.29 is 34.4 Å². The molecule has 0 saturated carbocycles. The van der Waals surface area contributed by atoms with E-state index >= 15 is 0 Å². The summed E-state index contributed by atoms with van der Waals surface area (Å²) in [7, 11) is 0. The molecule has 0 radical (unpaired) electrons. The molecular formula is C21H24O7. The van der Waals surface area contributed by atoms with E-state index in [0.29, 0.717) is 12.8 Å². The smallest absolute Gasteiger partial charge is 0.306 e. The van der Waals surface area contributed by atoms with Crippen LogP contribution in [-0.4, -0.2) is 46.6 Å². The van der Waals surface area contributed by atoms with Gasteiger partial charge in [0.25, 0.3) is 0 Å². The number of esters is 2. The van der Waals surface area contributed by atoms with Gasteiger partial charge in [0.1, 0.15) is 30.8 Å². The molecule has 2 aromatic rings. The summed E-state index contributed by atoms with van der Waals surface area (Å²) in [5.74, 6) is -0.615. The van der Waals surface area contributed by atoms with E-state index in [1.54, 1.807) is 48.5 Å². The van der Waals surface area contributed by atoms with Gasteiger partial charge < -0.3 is 24.8 Å². The molecular weight excluding hydrogens is 364 g/mol. The summed E-state index contributed by atoms with van der Waals surface area (Å²) < 4.78 is 9.94. The third-order valence-electron chi connectivity index (χ3n) is 3.98. The number of aromatic hydroxyl groups is 2. The largest absolute Gasteiger partial charge is 0.508 e. The average Bonchev–Trinajstić information content (AvgIpc) is 2.69. The molecule has 0 heterocycles. The molecule has 150 valence electrons. The number of hydrogen-bond acceptors (Lipinski definition) is 7. The zero-order valence-electron chi connectivity index (χ0n) is 15.4. The van der Waals surface area contributed by atoms with Crippen molar-refractivity contribution in [1.29, 1.82) is 0 Å². The molecule has 0 aromatic heterocycles. The number of carbonyl (C=O) groups excluding carboxylic acids is 2. The Bertz CT molecular complexity index is 688. The second-order valence-corrected chi connectivity index (χ2v) is 6.35. The first-order chi connectivity index (χ1) is 13.4. The first-order valence-corrected chi connectivity index (χ1v) is 8.97. The predicted molar refractivity (Wildman–Crippen MR) is 101 cm³/mol. The van der Waals surface area contributed by atoms with Crippen LogP contribution in [0.2, 0.25) is 0 Å². The van der Waals surface area contributed by atoms with Crippen LogP contribution in [0.1, 0.15) is 24.0 Å². The second-order valence-electron chi connectivity index (χ2n) is 6.35. The monoisotopic (exact) mass is 388 g/mol. The molecule has 0 unspecified atom stereocenters. The summed E-state index contributed by atoms with van der Waals surface area (Å²) in [6.45, 7) is -0.501. The Morgan fingerprint density at radius 3 is 1.43 bits per heavy atom. The van der Waals surface area contributed by atoms with Gasteiger partial charge >= 0.3 is 11.9 Å². The number of aliphatic hydroxyl groups excluding tert-OH is 1. The summed E-state index contributed by atoms with van der Waals surface area (Å²) in [4.78, 5) is 23.4. The number of hydrogen-bond donors (Lipinski definition) is 3. The third kappa shape index (κ3) is 8.09. The van der Waals surface area contributed by atoms with Crippen molar-refractivity contribution in [2.24, 2.45) is 0 Å². The van der Waals surface area contributed by atoms with E-state index in [0.717, 1.165) is 11.1 Å². The second kappa shape index (κ2) is 10.9. The van der Waals surface area contributed by atoms with E-state index in [4.69, 9.17) is 9.47 Å². The van der Waals surface area contributed by atoms with Crippen LogP contribution in [0, 0.1) is 0 Å². The van der Waals surface area contributed by atoms with Crippen LogP contribution in [0.5, 0.6) is 11.5 Å².